The molecule has 2 fully saturated rings. The van der Waals surface area contributed by atoms with Gasteiger partial charge in [0.15, 0.2) is 18.5 Å². The quantitative estimate of drug-likeness (QED) is 0.268. The molecule has 2 aliphatic carbocycles. The molecule has 2 aliphatic rings. The van der Waals surface area contributed by atoms with E-state index < -0.39 is 87.8 Å². The fourth-order valence-electron chi connectivity index (χ4n) is 3.67. The zero-order valence-electron chi connectivity index (χ0n) is 14.6. The lowest BCUT2D eigenvalue weighted by Crippen LogP contribution is -2.68. The molecule has 2 rings (SSSR count). The van der Waals surface area contributed by atoms with E-state index in [1.165, 1.54) is 6.92 Å². The summed E-state index contributed by atoms with van der Waals surface area (Å²) in [6.45, 7) is 1.23. The molecule has 170 valence electrons. The highest BCUT2D eigenvalue weighted by Gasteiger charge is 2.69. The van der Waals surface area contributed by atoms with Crippen molar-refractivity contribution in [1.29, 1.82) is 0 Å². The minimum absolute atomic E-state index is 0.463. The zero-order valence-corrected chi connectivity index (χ0v) is 18.4. The third-order valence-corrected chi connectivity index (χ3v) is 8.50. The van der Waals surface area contributed by atoms with Gasteiger partial charge < -0.3 is 4.74 Å². The third kappa shape index (κ3) is 4.39. The molecule has 9 unspecified atom stereocenters. The van der Waals surface area contributed by atoms with E-state index in [9.17, 15) is 26.7 Å². The normalized spacial score (nSPS) is 50.6. The summed E-state index contributed by atoms with van der Waals surface area (Å²) in [6, 6.07) is 0. The second-order valence-corrected chi connectivity index (χ2v) is 9.54. The number of rotatable bonds is 4. The highest BCUT2D eigenvalue weighted by Crippen LogP contribution is 2.54. The molecule has 9 atom stereocenters. The number of ether oxygens (including phenoxy) is 1. The molecule has 0 aromatic carbocycles. The summed E-state index contributed by atoms with van der Waals surface area (Å²) < 4.78 is 91.6. The van der Waals surface area contributed by atoms with Crippen molar-refractivity contribution in [3.63, 3.8) is 0 Å². The van der Waals surface area contributed by atoms with E-state index in [0.717, 1.165) is 0 Å². The molecule has 2 saturated carbocycles. The molecule has 0 aromatic rings. The number of hydrogen-bond donors (Lipinski definition) is 0. The van der Waals surface area contributed by atoms with Gasteiger partial charge in [-0.3, -0.25) is 4.79 Å². The van der Waals surface area contributed by atoms with Crippen LogP contribution in [-0.2, 0) is 9.53 Å². The monoisotopic (exact) mass is 530 g/mol. The van der Waals surface area contributed by atoms with Crippen molar-refractivity contribution in [3.05, 3.63) is 0 Å². The van der Waals surface area contributed by atoms with Crippen LogP contribution >= 0.6 is 58.0 Å². The Morgan fingerprint density at radius 2 is 1.07 bits per heavy atom. The van der Waals surface area contributed by atoms with Gasteiger partial charge in [0.2, 0.25) is 0 Å². The summed E-state index contributed by atoms with van der Waals surface area (Å²) >= 11 is 30.3. The van der Waals surface area contributed by atoms with Crippen LogP contribution in [0.15, 0.2) is 0 Å². The maximum Gasteiger partial charge on any atom is 0.308 e. The van der Waals surface area contributed by atoms with Crippen molar-refractivity contribution in [2.75, 3.05) is 0 Å². The molecule has 0 N–H and O–H groups in total. The van der Waals surface area contributed by atoms with Gasteiger partial charge in [-0.15, -0.1) is 58.0 Å². The van der Waals surface area contributed by atoms with Crippen LogP contribution in [0.4, 0.5) is 26.3 Å². The van der Waals surface area contributed by atoms with E-state index in [2.05, 4.69) is 4.74 Å². The summed E-state index contributed by atoms with van der Waals surface area (Å²) in [5.41, 5.74) is 0. The number of alkyl halides is 11. The molecule has 0 bridgehead atoms. The molecule has 0 radical (unpaired) electrons. The lowest BCUT2D eigenvalue weighted by atomic mass is 9.69. The molecule has 0 aromatic heterocycles. The first-order valence-corrected chi connectivity index (χ1v) is 10.8. The highest BCUT2D eigenvalue weighted by atomic mass is 35.5. The van der Waals surface area contributed by atoms with Crippen LogP contribution in [0.1, 0.15) is 13.3 Å². The van der Waals surface area contributed by atoms with Gasteiger partial charge in [-0.1, -0.05) is 6.92 Å². The first-order valence-electron chi connectivity index (χ1n) is 8.62. The predicted octanol–water partition coefficient (Wildman–Crippen LogP) is 5.59. The molecule has 0 aliphatic heterocycles. The molecular weight excluding hydrogens is 515 g/mol. The van der Waals surface area contributed by atoms with Crippen LogP contribution in [0.2, 0.25) is 0 Å². The second-order valence-electron chi connectivity index (χ2n) is 7.02. The van der Waals surface area contributed by atoms with Crippen LogP contribution in [0.3, 0.4) is 0 Å². The van der Waals surface area contributed by atoms with Gasteiger partial charge >= 0.3 is 5.97 Å². The van der Waals surface area contributed by atoms with E-state index in [-0.39, 0.29) is 0 Å². The maximum absolute atomic E-state index is 16.2. The fourth-order valence-corrected chi connectivity index (χ4v) is 5.88. The molecule has 13 heteroatoms. The summed E-state index contributed by atoms with van der Waals surface area (Å²) in [7, 11) is 0. The van der Waals surface area contributed by atoms with Gasteiger partial charge in [0, 0.05) is 6.42 Å². The first kappa shape index (κ1) is 25.8. The zero-order chi connectivity index (χ0) is 22.4. The third-order valence-electron chi connectivity index (χ3n) is 5.27. The van der Waals surface area contributed by atoms with Gasteiger partial charge in [0.25, 0.3) is 5.85 Å². The fraction of sp³-hybridized carbons (Fsp3) is 0.938. The molecular formula is C16H17Cl5F6O2. The van der Waals surface area contributed by atoms with Crippen molar-refractivity contribution >= 4 is 64.0 Å². The Bertz CT molecular complexity index is 536. The highest BCUT2D eigenvalue weighted by molar-refractivity contribution is 6.41. The largest absolute Gasteiger partial charge is 0.428 e. The van der Waals surface area contributed by atoms with Crippen LogP contribution in [0.5, 0.6) is 0 Å². The van der Waals surface area contributed by atoms with Crippen molar-refractivity contribution in [2.24, 2.45) is 11.8 Å². The lowest BCUT2D eigenvalue weighted by molar-refractivity contribution is -0.258. The van der Waals surface area contributed by atoms with Crippen molar-refractivity contribution in [2.45, 2.75) is 76.9 Å². The molecule has 0 saturated heterocycles. The SMILES string of the molecule is CCC(=O)OC(F)(C1C(F)C(F)C(F)C(F)C1F)C1C(Cl)C(Cl)C(Cl)C(Cl)C1Cl. The number of carbonyl (C=O) groups is 1. The molecule has 0 spiro atoms. The van der Waals surface area contributed by atoms with Gasteiger partial charge in [0.05, 0.1) is 38.7 Å². The number of hydrogen-bond acceptors (Lipinski definition) is 2. The Balaban J connectivity index is 2.60. The number of esters is 1. The molecule has 2 nitrogen and oxygen atoms in total. The van der Waals surface area contributed by atoms with Gasteiger partial charge in [-0.2, -0.15) is 4.39 Å². The molecule has 0 heterocycles. The van der Waals surface area contributed by atoms with Crippen molar-refractivity contribution < 1.29 is 35.9 Å². The van der Waals surface area contributed by atoms with E-state index in [1.807, 2.05) is 0 Å². The maximum atomic E-state index is 16.2. The van der Waals surface area contributed by atoms with E-state index >= 15 is 4.39 Å². The lowest BCUT2D eigenvalue weighted by Gasteiger charge is -2.51. The minimum atomic E-state index is -3.79. The number of carbonyl (C=O) groups excluding carboxylic acids is 1. The predicted molar refractivity (Wildman–Crippen MR) is 99.9 cm³/mol. The van der Waals surface area contributed by atoms with Gasteiger partial charge in [-0.05, 0) is 0 Å². The van der Waals surface area contributed by atoms with Crippen LogP contribution in [0, 0.1) is 11.8 Å². The van der Waals surface area contributed by atoms with E-state index in [0.29, 0.717) is 0 Å². The average molecular weight is 533 g/mol. The Kier molecular flexibility index (Phi) is 8.48. The van der Waals surface area contributed by atoms with Crippen molar-refractivity contribution in [1.82, 2.24) is 0 Å². The second kappa shape index (κ2) is 9.55. The van der Waals surface area contributed by atoms with Crippen LogP contribution < -0.4 is 0 Å². The summed E-state index contributed by atoms with van der Waals surface area (Å²) in [5.74, 6) is -10.0. The van der Waals surface area contributed by atoms with E-state index in [4.69, 9.17) is 58.0 Å². The topological polar surface area (TPSA) is 26.3 Å². The summed E-state index contributed by atoms with van der Waals surface area (Å²) in [5, 5.41) is -6.95. The summed E-state index contributed by atoms with van der Waals surface area (Å²) in [4.78, 5) is 11.8. The van der Waals surface area contributed by atoms with Gasteiger partial charge in [-0.25, -0.2) is 22.0 Å². The molecule has 29 heavy (non-hydrogen) atoms. The molecule has 0 amide bonds. The smallest absolute Gasteiger partial charge is 0.308 e. The first-order chi connectivity index (χ1) is 13.3. The van der Waals surface area contributed by atoms with Crippen LogP contribution in [-0.4, -0.2) is 69.6 Å². The van der Waals surface area contributed by atoms with Gasteiger partial charge in [0.1, 0.15) is 12.3 Å². The number of halogens is 11. The standard InChI is InChI=1S/C16H17Cl5F6O2/c1-2-3(28)29-16(27,4-6(17)8(19)10(21)9(20)7(4)18)5-11(22)13(24)15(26)14(25)12(5)23/h4-15H,2H2,1H3. The van der Waals surface area contributed by atoms with E-state index in [1.54, 1.807) is 0 Å². The van der Waals surface area contributed by atoms with Crippen LogP contribution in [0.25, 0.3) is 0 Å². The Morgan fingerprint density at radius 3 is 1.45 bits per heavy atom. The van der Waals surface area contributed by atoms with Crippen molar-refractivity contribution in [3.8, 4) is 0 Å². The minimum Gasteiger partial charge on any atom is -0.428 e. The average Bonchev–Trinajstić information content (AvgIpc) is 2.67. The Labute approximate surface area is 188 Å². The Hall–Kier alpha value is 0.500. The Morgan fingerprint density at radius 1 is 0.724 bits per heavy atom. The summed E-state index contributed by atoms with van der Waals surface area (Å²) in [6.07, 6.45) is -16.5.